The molecule has 0 amide bonds. The zero-order valence-corrected chi connectivity index (χ0v) is 10.8. The first-order chi connectivity index (χ1) is 8.03. The first kappa shape index (κ1) is 11.1. The lowest BCUT2D eigenvalue weighted by Gasteiger charge is -2.47. The van der Waals surface area contributed by atoms with Gasteiger partial charge in [0, 0.05) is 11.8 Å². The van der Waals surface area contributed by atoms with E-state index < -0.39 is 0 Å². The van der Waals surface area contributed by atoms with E-state index in [1.807, 2.05) is 6.92 Å². The highest BCUT2D eigenvalue weighted by Crippen LogP contribution is 2.54. The summed E-state index contributed by atoms with van der Waals surface area (Å²) in [5.41, 5.74) is 1.55. The number of carbonyl (C=O) groups is 1. The summed E-state index contributed by atoms with van der Waals surface area (Å²) in [6.07, 6.45) is 9.02. The van der Waals surface area contributed by atoms with Crippen molar-refractivity contribution in [3.05, 3.63) is 23.8 Å². The zero-order valence-electron chi connectivity index (χ0n) is 10.8. The molecule has 3 rings (SSSR count). The van der Waals surface area contributed by atoms with E-state index in [0.29, 0.717) is 11.8 Å². The van der Waals surface area contributed by atoms with Gasteiger partial charge in [-0.05, 0) is 25.2 Å². The fraction of sp³-hybridized carbons (Fsp3) is 0.667. The molecule has 0 aromatic heterocycles. The molecule has 1 saturated carbocycles. The molecular weight excluding hydrogens is 212 g/mol. The minimum atomic E-state index is 0.00611. The molecule has 2 fully saturated rings. The molecule has 2 aliphatic carbocycles. The Kier molecular flexibility index (Phi) is 2.26. The van der Waals surface area contributed by atoms with Crippen molar-refractivity contribution in [3.8, 4) is 0 Å². The van der Waals surface area contributed by atoms with Gasteiger partial charge < -0.3 is 4.74 Å². The van der Waals surface area contributed by atoms with Gasteiger partial charge in [0.25, 0.3) is 0 Å². The predicted octanol–water partition coefficient (Wildman–Crippen LogP) is 3.10. The molecule has 92 valence electrons. The highest BCUT2D eigenvalue weighted by Gasteiger charge is 2.54. The van der Waals surface area contributed by atoms with Crippen LogP contribution in [0.15, 0.2) is 23.8 Å². The number of ether oxygens (including phenoxy) is 1. The number of hydrogen-bond acceptors (Lipinski definition) is 2. The van der Waals surface area contributed by atoms with Gasteiger partial charge >= 0.3 is 5.97 Å². The molecule has 1 heterocycles. The van der Waals surface area contributed by atoms with Gasteiger partial charge in [0.1, 0.15) is 6.10 Å². The quantitative estimate of drug-likeness (QED) is 0.600. The summed E-state index contributed by atoms with van der Waals surface area (Å²) < 4.78 is 5.67. The van der Waals surface area contributed by atoms with Gasteiger partial charge in [-0.3, -0.25) is 4.79 Å². The van der Waals surface area contributed by atoms with E-state index in [2.05, 4.69) is 32.1 Å². The molecular formula is C15H20O2. The summed E-state index contributed by atoms with van der Waals surface area (Å²) in [6.45, 7) is 6.50. The Morgan fingerprint density at radius 2 is 2.24 bits per heavy atom. The molecule has 5 atom stereocenters. The average molecular weight is 232 g/mol. The highest BCUT2D eigenvalue weighted by molar-refractivity contribution is 5.75. The third-order valence-electron chi connectivity index (χ3n) is 5.07. The van der Waals surface area contributed by atoms with Crippen LogP contribution in [0.1, 0.15) is 33.6 Å². The van der Waals surface area contributed by atoms with Gasteiger partial charge in [0.2, 0.25) is 0 Å². The van der Waals surface area contributed by atoms with Gasteiger partial charge in [-0.2, -0.15) is 0 Å². The molecule has 0 aromatic rings. The molecule has 0 radical (unpaired) electrons. The summed E-state index contributed by atoms with van der Waals surface area (Å²) >= 11 is 0. The number of fused-ring (bicyclic) bond motifs is 3. The van der Waals surface area contributed by atoms with Crippen molar-refractivity contribution < 1.29 is 9.53 Å². The van der Waals surface area contributed by atoms with Crippen molar-refractivity contribution in [2.45, 2.75) is 39.7 Å². The van der Waals surface area contributed by atoms with E-state index in [0.717, 1.165) is 6.42 Å². The molecule has 1 saturated heterocycles. The Bertz CT molecular complexity index is 421. The van der Waals surface area contributed by atoms with Crippen LogP contribution in [0.2, 0.25) is 0 Å². The van der Waals surface area contributed by atoms with Crippen LogP contribution in [0.25, 0.3) is 0 Å². The second-order valence-corrected chi connectivity index (χ2v) is 6.15. The number of carbonyl (C=O) groups excluding carboxylic acids is 1. The highest BCUT2D eigenvalue weighted by atomic mass is 16.6. The Morgan fingerprint density at radius 1 is 1.47 bits per heavy atom. The maximum absolute atomic E-state index is 11.8. The van der Waals surface area contributed by atoms with E-state index in [1.165, 1.54) is 12.0 Å². The van der Waals surface area contributed by atoms with E-state index in [-0.39, 0.29) is 23.4 Å². The smallest absolute Gasteiger partial charge is 0.309 e. The summed E-state index contributed by atoms with van der Waals surface area (Å²) in [5, 5.41) is 0. The van der Waals surface area contributed by atoms with Crippen LogP contribution in [0.4, 0.5) is 0 Å². The van der Waals surface area contributed by atoms with Crippen LogP contribution >= 0.6 is 0 Å². The lowest BCUT2D eigenvalue weighted by molar-refractivity contribution is -0.146. The zero-order chi connectivity index (χ0) is 12.2. The summed E-state index contributed by atoms with van der Waals surface area (Å²) in [5.74, 6) is 0.908. The molecule has 17 heavy (non-hydrogen) atoms. The average Bonchev–Trinajstić information content (AvgIpc) is 2.54. The SMILES string of the molecule is CC1=CC=CC2(C)CCC3C(C)C(=O)OC3C12. The second kappa shape index (κ2) is 3.47. The summed E-state index contributed by atoms with van der Waals surface area (Å²) in [7, 11) is 0. The number of allylic oxidation sites excluding steroid dienone is 3. The van der Waals surface area contributed by atoms with Crippen molar-refractivity contribution in [2.75, 3.05) is 0 Å². The Balaban J connectivity index is 1.99. The predicted molar refractivity (Wildman–Crippen MR) is 66.3 cm³/mol. The molecule has 2 heteroatoms. The van der Waals surface area contributed by atoms with Gasteiger partial charge in [-0.25, -0.2) is 0 Å². The Morgan fingerprint density at radius 3 is 3.00 bits per heavy atom. The van der Waals surface area contributed by atoms with Crippen molar-refractivity contribution in [1.29, 1.82) is 0 Å². The molecule has 3 aliphatic rings. The van der Waals surface area contributed by atoms with Crippen molar-refractivity contribution in [1.82, 2.24) is 0 Å². The van der Waals surface area contributed by atoms with Crippen LogP contribution in [-0.2, 0) is 9.53 Å². The Hall–Kier alpha value is -1.05. The lowest BCUT2D eigenvalue weighted by atomic mass is 9.58. The van der Waals surface area contributed by atoms with Crippen LogP contribution in [-0.4, -0.2) is 12.1 Å². The van der Waals surface area contributed by atoms with Crippen LogP contribution in [0.5, 0.6) is 0 Å². The maximum Gasteiger partial charge on any atom is 0.309 e. The van der Waals surface area contributed by atoms with Crippen molar-refractivity contribution >= 4 is 5.97 Å². The van der Waals surface area contributed by atoms with E-state index in [9.17, 15) is 4.79 Å². The molecule has 0 N–H and O–H groups in total. The lowest BCUT2D eigenvalue weighted by Crippen LogP contribution is -2.45. The minimum Gasteiger partial charge on any atom is -0.461 e. The monoisotopic (exact) mass is 232 g/mol. The minimum absolute atomic E-state index is 0.00611. The first-order valence-electron chi connectivity index (χ1n) is 6.59. The van der Waals surface area contributed by atoms with Crippen LogP contribution in [0, 0.1) is 23.2 Å². The maximum atomic E-state index is 11.8. The fourth-order valence-electron chi connectivity index (χ4n) is 4.02. The van der Waals surface area contributed by atoms with Crippen molar-refractivity contribution in [2.24, 2.45) is 23.2 Å². The first-order valence-corrected chi connectivity index (χ1v) is 6.59. The molecule has 2 nitrogen and oxygen atoms in total. The third kappa shape index (κ3) is 1.42. The number of rotatable bonds is 0. The van der Waals surface area contributed by atoms with Gasteiger partial charge in [0.05, 0.1) is 5.92 Å². The third-order valence-corrected chi connectivity index (χ3v) is 5.07. The van der Waals surface area contributed by atoms with Crippen molar-refractivity contribution in [3.63, 3.8) is 0 Å². The summed E-state index contributed by atoms with van der Waals surface area (Å²) in [4.78, 5) is 11.8. The van der Waals surface area contributed by atoms with E-state index in [4.69, 9.17) is 4.74 Å². The van der Waals surface area contributed by atoms with Crippen LogP contribution < -0.4 is 0 Å². The van der Waals surface area contributed by atoms with E-state index >= 15 is 0 Å². The second-order valence-electron chi connectivity index (χ2n) is 6.15. The topological polar surface area (TPSA) is 26.3 Å². The normalized spacial score (nSPS) is 48.2. The number of hydrogen-bond donors (Lipinski definition) is 0. The largest absolute Gasteiger partial charge is 0.461 e. The molecule has 5 unspecified atom stereocenters. The van der Waals surface area contributed by atoms with Gasteiger partial charge in [-0.15, -0.1) is 0 Å². The summed E-state index contributed by atoms with van der Waals surface area (Å²) in [6, 6.07) is 0. The molecule has 0 aromatic carbocycles. The molecule has 0 spiro atoms. The molecule has 0 bridgehead atoms. The van der Waals surface area contributed by atoms with Gasteiger partial charge in [-0.1, -0.05) is 37.6 Å². The fourth-order valence-corrected chi connectivity index (χ4v) is 4.02. The standard InChI is InChI=1S/C15H20O2/c1-9-5-4-7-15(3)8-6-11-10(2)14(16)17-13(11)12(9)15/h4-5,7,10-13H,6,8H2,1-3H3. The Labute approximate surface area is 103 Å². The van der Waals surface area contributed by atoms with Gasteiger partial charge in [0.15, 0.2) is 0 Å². The van der Waals surface area contributed by atoms with Crippen LogP contribution in [0.3, 0.4) is 0 Å². The number of esters is 1. The van der Waals surface area contributed by atoms with E-state index in [1.54, 1.807) is 0 Å². The molecule has 1 aliphatic heterocycles.